The molecular weight excluding hydrogens is 228 g/mol. The Morgan fingerprint density at radius 3 is 2.71 bits per heavy atom. The predicted molar refractivity (Wildman–Crippen MR) is 58.1 cm³/mol. The van der Waals surface area contributed by atoms with Crippen molar-refractivity contribution in [2.45, 2.75) is 19.4 Å². The molecule has 0 aliphatic rings. The number of ketones is 1. The molecule has 0 aliphatic heterocycles. The van der Waals surface area contributed by atoms with Gasteiger partial charge in [0.25, 0.3) is 0 Å². The summed E-state index contributed by atoms with van der Waals surface area (Å²) < 4.78 is 9.89. The SMILES string of the molecule is COc1c(C(=O)CCCO)oc(CO)cc1=O. The molecule has 0 bridgehead atoms. The third kappa shape index (κ3) is 3.15. The first kappa shape index (κ1) is 13.4. The summed E-state index contributed by atoms with van der Waals surface area (Å²) in [4.78, 5) is 23.2. The van der Waals surface area contributed by atoms with Crippen LogP contribution in [-0.2, 0) is 6.61 Å². The Bertz CT molecular complexity index is 448. The first-order valence-corrected chi connectivity index (χ1v) is 5.10. The van der Waals surface area contributed by atoms with Gasteiger partial charge in [-0.25, -0.2) is 0 Å². The van der Waals surface area contributed by atoms with E-state index < -0.39 is 17.8 Å². The van der Waals surface area contributed by atoms with E-state index >= 15 is 0 Å². The molecule has 1 rings (SSSR count). The van der Waals surface area contributed by atoms with E-state index in [4.69, 9.17) is 19.4 Å². The number of aliphatic hydroxyl groups is 2. The van der Waals surface area contributed by atoms with E-state index in [0.717, 1.165) is 6.07 Å². The molecule has 0 spiro atoms. The number of aliphatic hydroxyl groups excluding tert-OH is 2. The van der Waals surface area contributed by atoms with Gasteiger partial charge in [-0.3, -0.25) is 9.59 Å². The number of rotatable bonds is 6. The molecule has 2 N–H and O–H groups in total. The maximum Gasteiger partial charge on any atom is 0.227 e. The van der Waals surface area contributed by atoms with Crippen molar-refractivity contribution >= 4 is 5.78 Å². The van der Waals surface area contributed by atoms with Gasteiger partial charge in [0.1, 0.15) is 12.4 Å². The van der Waals surface area contributed by atoms with Gasteiger partial charge in [0, 0.05) is 19.1 Å². The van der Waals surface area contributed by atoms with E-state index in [1.165, 1.54) is 7.11 Å². The Balaban J connectivity index is 3.15. The first-order valence-electron chi connectivity index (χ1n) is 5.10. The van der Waals surface area contributed by atoms with Crippen LogP contribution in [0, 0.1) is 0 Å². The van der Waals surface area contributed by atoms with Gasteiger partial charge < -0.3 is 19.4 Å². The normalized spacial score (nSPS) is 10.3. The quantitative estimate of drug-likeness (QED) is 0.686. The van der Waals surface area contributed by atoms with Gasteiger partial charge in [0.15, 0.2) is 0 Å². The lowest BCUT2D eigenvalue weighted by Gasteiger charge is -2.06. The Kier molecular flexibility index (Phi) is 4.86. The van der Waals surface area contributed by atoms with Crippen LogP contribution in [0.5, 0.6) is 5.75 Å². The molecule has 1 heterocycles. The molecule has 1 aromatic heterocycles. The number of methoxy groups -OCH3 is 1. The van der Waals surface area contributed by atoms with Crippen molar-refractivity contribution in [2.75, 3.05) is 13.7 Å². The molecule has 6 nitrogen and oxygen atoms in total. The lowest BCUT2D eigenvalue weighted by atomic mass is 10.1. The largest absolute Gasteiger partial charge is 0.489 e. The van der Waals surface area contributed by atoms with E-state index in [1.54, 1.807) is 0 Å². The molecular formula is C11H14O6. The molecule has 0 aromatic carbocycles. The van der Waals surface area contributed by atoms with Crippen molar-refractivity contribution in [3.05, 3.63) is 27.8 Å². The summed E-state index contributed by atoms with van der Waals surface area (Å²) in [5, 5.41) is 17.5. The van der Waals surface area contributed by atoms with Crippen LogP contribution >= 0.6 is 0 Å². The molecule has 0 saturated heterocycles. The predicted octanol–water partition coefficient (Wildman–Crippen LogP) is 0.0959. The monoisotopic (exact) mass is 242 g/mol. The highest BCUT2D eigenvalue weighted by atomic mass is 16.5. The van der Waals surface area contributed by atoms with E-state index in [9.17, 15) is 9.59 Å². The molecule has 1 aromatic rings. The minimum absolute atomic E-state index is 0.00292. The van der Waals surface area contributed by atoms with Gasteiger partial charge in [-0.1, -0.05) is 0 Å². The second kappa shape index (κ2) is 6.17. The fourth-order valence-corrected chi connectivity index (χ4v) is 1.34. The summed E-state index contributed by atoms with van der Waals surface area (Å²) in [7, 11) is 1.26. The summed E-state index contributed by atoms with van der Waals surface area (Å²) >= 11 is 0. The Hall–Kier alpha value is -1.66. The van der Waals surface area contributed by atoms with Crippen LogP contribution < -0.4 is 10.2 Å². The molecule has 0 amide bonds. The molecule has 0 radical (unpaired) electrons. The fraction of sp³-hybridized carbons (Fsp3) is 0.455. The highest BCUT2D eigenvalue weighted by Gasteiger charge is 2.19. The molecule has 0 aliphatic carbocycles. The van der Waals surface area contributed by atoms with Crippen LogP contribution in [0.2, 0.25) is 0 Å². The van der Waals surface area contributed by atoms with Crippen molar-refractivity contribution in [3.8, 4) is 5.75 Å². The van der Waals surface area contributed by atoms with Crippen LogP contribution in [0.4, 0.5) is 0 Å². The Morgan fingerprint density at radius 2 is 2.18 bits per heavy atom. The minimum Gasteiger partial charge on any atom is -0.489 e. The summed E-state index contributed by atoms with van der Waals surface area (Å²) in [6.45, 7) is -0.600. The van der Waals surface area contributed by atoms with Crippen molar-refractivity contribution in [2.24, 2.45) is 0 Å². The second-order valence-corrected chi connectivity index (χ2v) is 3.35. The summed E-state index contributed by atoms with van der Waals surface area (Å²) in [5.74, 6) is -0.825. The number of hydrogen-bond donors (Lipinski definition) is 2. The molecule has 0 atom stereocenters. The fourth-order valence-electron chi connectivity index (χ4n) is 1.34. The zero-order chi connectivity index (χ0) is 12.8. The van der Waals surface area contributed by atoms with E-state index in [0.29, 0.717) is 0 Å². The first-order chi connectivity index (χ1) is 8.13. The van der Waals surface area contributed by atoms with Gasteiger partial charge in [-0.15, -0.1) is 0 Å². The number of carbonyl (C=O) groups excluding carboxylic acids is 1. The van der Waals surface area contributed by atoms with Crippen molar-refractivity contribution in [3.63, 3.8) is 0 Å². The molecule has 94 valence electrons. The smallest absolute Gasteiger partial charge is 0.227 e. The van der Waals surface area contributed by atoms with Gasteiger partial charge in [0.05, 0.1) is 7.11 Å². The van der Waals surface area contributed by atoms with Gasteiger partial charge in [-0.2, -0.15) is 0 Å². The highest BCUT2D eigenvalue weighted by molar-refractivity contribution is 5.95. The Labute approximate surface area is 97.5 Å². The number of Topliss-reactive ketones (excluding diaryl/α,β-unsaturated/α-hetero) is 1. The maximum absolute atomic E-state index is 11.7. The summed E-state index contributed by atoms with van der Waals surface area (Å²) in [6.07, 6.45) is 0.319. The second-order valence-electron chi connectivity index (χ2n) is 3.35. The van der Waals surface area contributed by atoms with E-state index in [2.05, 4.69) is 0 Å². The van der Waals surface area contributed by atoms with Gasteiger partial charge in [0.2, 0.25) is 22.7 Å². The minimum atomic E-state index is -0.518. The van der Waals surface area contributed by atoms with Crippen molar-refractivity contribution in [1.82, 2.24) is 0 Å². The van der Waals surface area contributed by atoms with Crippen molar-refractivity contribution < 1.29 is 24.2 Å². The topological polar surface area (TPSA) is 97.0 Å². The summed E-state index contributed by atoms with van der Waals surface area (Å²) in [6, 6.07) is 1.07. The van der Waals surface area contributed by atoms with Gasteiger partial charge >= 0.3 is 0 Å². The average molecular weight is 242 g/mol. The summed E-state index contributed by atoms with van der Waals surface area (Å²) in [5.41, 5.74) is -0.518. The number of ether oxygens (including phenoxy) is 1. The lowest BCUT2D eigenvalue weighted by Crippen LogP contribution is -2.13. The van der Waals surface area contributed by atoms with Gasteiger partial charge in [-0.05, 0) is 6.42 Å². The molecule has 17 heavy (non-hydrogen) atoms. The van der Waals surface area contributed by atoms with Crippen LogP contribution in [-0.4, -0.2) is 29.7 Å². The third-order valence-corrected chi connectivity index (χ3v) is 2.13. The zero-order valence-corrected chi connectivity index (χ0v) is 9.43. The Morgan fingerprint density at radius 1 is 1.47 bits per heavy atom. The average Bonchev–Trinajstić information content (AvgIpc) is 2.34. The lowest BCUT2D eigenvalue weighted by molar-refractivity contribution is 0.0929. The highest BCUT2D eigenvalue weighted by Crippen LogP contribution is 2.17. The van der Waals surface area contributed by atoms with E-state index in [1.807, 2.05) is 0 Å². The number of carbonyl (C=O) groups is 1. The molecule has 0 saturated carbocycles. The van der Waals surface area contributed by atoms with Crippen LogP contribution in [0.25, 0.3) is 0 Å². The molecule has 0 unspecified atom stereocenters. The molecule has 0 fully saturated rings. The van der Waals surface area contributed by atoms with E-state index in [-0.39, 0.29) is 36.7 Å². The van der Waals surface area contributed by atoms with Crippen LogP contribution in [0.15, 0.2) is 15.3 Å². The third-order valence-electron chi connectivity index (χ3n) is 2.13. The van der Waals surface area contributed by atoms with Crippen molar-refractivity contribution in [1.29, 1.82) is 0 Å². The zero-order valence-electron chi connectivity index (χ0n) is 9.43. The molecule has 6 heteroatoms. The number of hydrogen-bond acceptors (Lipinski definition) is 6. The maximum atomic E-state index is 11.7. The van der Waals surface area contributed by atoms with Crippen LogP contribution in [0.1, 0.15) is 29.2 Å². The standard InChI is InChI=1S/C11H14O6/c1-16-10-9(15)5-7(6-13)17-11(10)8(14)3-2-4-12/h5,12-13H,2-4,6H2,1H3. The van der Waals surface area contributed by atoms with Crippen LogP contribution in [0.3, 0.4) is 0 Å².